The Morgan fingerprint density at radius 1 is 1.13 bits per heavy atom. The number of halogens is 3. The smallest absolute Gasteiger partial charge is 0.273 e. The Labute approximate surface area is 106 Å². The predicted octanol–water partition coefficient (Wildman–Crippen LogP) is 3.54. The van der Waals surface area contributed by atoms with Gasteiger partial charge in [0.15, 0.2) is 0 Å². The Kier molecular flexibility index (Phi) is 6.83. The van der Waals surface area contributed by atoms with Gasteiger partial charge in [-0.2, -0.15) is 25.3 Å². The van der Waals surface area contributed by atoms with Crippen LogP contribution in [0.15, 0.2) is 36.0 Å². The van der Waals surface area contributed by atoms with Crippen LogP contribution in [0.2, 0.25) is 0 Å². The zero-order valence-electron chi connectivity index (χ0n) is 7.93. The van der Waals surface area contributed by atoms with Gasteiger partial charge in [-0.1, -0.05) is 0 Å². The number of hydrogen-bond acceptors (Lipinski definition) is 0. The van der Waals surface area contributed by atoms with Gasteiger partial charge in [-0.05, 0) is 0 Å². The van der Waals surface area contributed by atoms with Crippen molar-refractivity contribution in [3.05, 3.63) is 48.1 Å². The minimum atomic E-state index is -4.20. The van der Waals surface area contributed by atoms with Crippen molar-refractivity contribution < 1.29 is 39.4 Å². The van der Waals surface area contributed by atoms with Crippen molar-refractivity contribution in [3.8, 4) is 0 Å². The van der Waals surface area contributed by atoms with E-state index >= 15 is 0 Å². The van der Waals surface area contributed by atoms with Gasteiger partial charge in [-0.3, -0.25) is 12.2 Å². The third-order valence-electron chi connectivity index (χ3n) is 1.59. The summed E-state index contributed by atoms with van der Waals surface area (Å²) in [6.45, 7) is 0. The summed E-state index contributed by atoms with van der Waals surface area (Å²) < 4.78 is 34.8. The second kappa shape index (κ2) is 7.00. The van der Waals surface area contributed by atoms with Crippen molar-refractivity contribution in [1.29, 1.82) is 0 Å². The Hall–Kier alpha value is -0.367. The predicted molar refractivity (Wildman–Crippen MR) is 48.1 cm³/mol. The molecule has 0 heterocycles. The van der Waals surface area contributed by atoms with E-state index in [9.17, 15) is 13.2 Å². The van der Waals surface area contributed by atoms with Crippen molar-refractivity contribution in [2.45, 2.75) is 19.0 Å². The summed E-state index contributed by atoms with van der Waals surface area (Å²) in [5, 5.41) is 0. The van der Waals surface area contributed by atoms with Gasteiger partial charge in [-0.15, -0.1) is 18.4 Å². The molecule has 0 aliphatic heterocycles. The fraction of sp³-hybridized carbons (Fsp3) is 0.273. The van der Waals surface area contributed by atoms with Crippen molar-refractivity contribution in [2.24, 2.45) is 0 Å². The number of hydrogen-bond donors (Lipinski definition) is 0. The van der Waals surface area contributed by atoms with E-state index < -0.39 is 11.7 Å². The van der Waals surface area contributed by atoms with E-state index in [1.54, 1.807) is 0 Å². The van der Waals surface area contributed by atoms with Crippen molar-refractivity contribution >= 4 is 0 Å². The standard InChI is InChI=1S/C6H4F3.C5H5.Zr/c7-6(8,9)5-3-1-2-4-5;1-2-4-5-3-1;/h1,3H,2H2;1-3H,4H2;/q2*-1;+2. The third-order valence-corrected chi connectivity index (χ3v) is 1.59. The summed E-state index contributed by atoms with van der Waals surface area (Å²) in [6, 6.07) is 0. The molecule has 0 aromatic rings. The molecular formula is C11H9F3Zr. The zero-order valence-corrected chi connectivity index (χ0v) is 10.4. The second-order valence-electron chi connectivity index (χ2n) is 2.70. The maximum atomic E-state index is 11.6. The SMILES string of the molecule is FC(F)(F)C1=[C-]CC=C1.[C-]1=CC=CC1.[Zr+2]. The molecule has 0 radical (unpaired) electrons. The molecule has 2 rings (SSSR count). The molecule has 78 valence electrons. The maximum Gasteiger partial charge on any atom is 2.00 e. The van der Waals surface area contributed by atoms with Crippen LogP contribution in [0.3, 0.4) is 0 Å². The molecule has 0 unspecified atom stereocenters. The van der Waals surface area contributed by atoms with Crippen molar-refractivity contribution in [2.75, 3.05) is 0 Å². The van der Waals surface area contributed by atoms with E-state index in [0.29, 0.717) is 0 Å². The molecule has 0 N–H and O–H groups in total. The molecule has 4 heteroatoms. The van der Waals surface area contributed by atoms with Crippen LogP contribution in [-0.4, -0.2) is 6.18 Å². The molecule has 2 aliphatic rings. The average molecular weight is 289 g/mol. The molecule has 0 aromatic heterocycles. The van der Waals surface area contributed by atoms with Gasteiger partial charge in [0.25, 0.3) is 0 Å². The van der Waals surface area contributed by atoms with E-state index in [1.807, 2.05) is 12.2 Å². The number of alkyl halides is 3. The van der Waals surface area contributed by atoms with Crippen LogP contribution in [0.1, 0.15) is 12.8 Å². The topological polar surface area (TPSA) is 0 Å². The molecule has 0 nitrogen and oxygen atoms in total. The first-order chi connectivity index (χ1) is 6.61. The molecular weight excluding hydrogens is 280 g/mol. The fourth-order valence-electron chi connectivity index (χ4n) is 0.940. The van der Waals surface area contributed by atoms with Gasteiger partial charge in [-0.25, -0.2) is 18.2 Å². The minimum absolute atomic E-state index is 0. The van der Waals surface area contributed by atoms with Crippen LogP contribution in [0.5, 0.6) is 0 Å². The van der Waals surface area contributed by atoms with E-state index in [4.69, 9.17) is 0 Å². The molecule has 0 bridgehead atoms. The van der Waals surface area contributed by atoms with Gasteiger partial charge in [0.2, 0.25) is 0 Å². The minimum Gasteiger partial charge on any atom is -0.273 e. The fourth-order valence-corrected chi connectivity index (χ4v) is 0.940. The summed E-state index contributed by atoms with van der Waals surface area (Å²) in [7, 11) is 0. The molecule has 0 fully saturated rings. The Bertz CT molecular complexity index is 285. The summed E-state index contributed by atoms with van der Waals surface area (Å²) in [5.74, 6) is 0. The van der Waals surface area contributed by atoms with Crippen LogP contribution in [-0.2, 0) is 26.2 Å². The quantitative estimate of drug-likeness (QED) is 0.598. The Balaban J connectivity index is 0.000000280. The third kappa shape index (κ3) is 5.93. The molecule has 0 aromatic carbocycles. The monoisotopic (exact) mass is 288 g/mol. The molecule has 0 spiro atoms. The van der Waals surface area contributed by atoms with E-state index in [-0.39, 0.29) is 32.6 Å². The van der Waals surface area contributed by atoms with E-state index in [2.05, 4.69) is 18.2 Å². The average Bonchev–Trinajstić information content (AvgIpc) is 2.80. The molecule has 0 saturated carbocycles. The van der Waals surface area contributed by atoms with Crippen molar-refractivity contribution in [3.63, 3.8) is 0 Å². The second-order valence-corrected chi connectivity index (χ2v) is 2.70. The summed E-state index contributed by atoms with van der Waals surface area (Å²) in [4.78, 5) is 0. The maximum absolute atomic E-state index is 11.6. The summed E-state index contributed by atoms with van der Waals surface area (Å²) in [5.41, 5.74) is -0.650. The van der Waals surface area contributed by atoms with Crippen LogP contribution in [0.25, 0.3) is 0 Å². The largest absolute Gasteiger partial charge is 2.00 e. The molecule has 15 heavy (non-hydrogen) atoms. The normalized spacial score (nSPS) is 16.9. The molecule has 0 saturated heterocycles. The van der Waals surface area contributed by atoms with Crippen LogP contribution >= 0.6 is 0 Å². The molecule has 0 amide bonds. The van der Waals surface area contributed by atoms with Crippen LogP contribution in [0, 0.1) is 12.2 Å². The Morgan fingerprint density at radius 3 is 2.07 bits per heavy atom. The van der Waals surface area contributed by atoms with Gasteiger partial charge < -0.3 is 0 Å². The van der Waals surface area contributed by atoms with Crippen molar-refractivity contribution in [1.82, 2.24) is 0 Å². The first-order valence-corrected chi connectivity index (χ1v) is 4.17. The number of rotatable bonds is 0. The Morgan fingerprint density at radius 2 is 1.87 bits per heavy atom. The zero-order chi connectivity index (χ0) is 10.4. The molecule has 2 aliphatic carbocycles. The van der Waals surface area contributed by atoms with Gasteiger partial charge >= 0.3 is 32.4 Å². The van der Waals surface area contributed by atoms with Gasteiger partial charge in [0.05, 0.1) is 0 Å². The van der Waals surface area contributed by atoms with Crippen LogP contribution in [0.4, 0.5) is 13.2 Å². The van der Waals surface area contributed by atoms with E-state index in [1.165, 1.54) is 6.08 Å². The van der Waals surface area contributed by atoms with E-state index in [0.717, 1.165) is 12.5 Å². The summed E-state index contributed by atoms with van der Waals surface area (Å²) in [6.07, 6.45) is 10.7. The first kappa shape index (κ1) is 14.6. The van der Waals surface area contributed by atoms with Gasteiger partial charge in [0.1, 0.15) is 0 Å². The number of allylic oxidation sites excluding steroid dienone is 8. The van der Waals surface area contributed by atoms with Crippen LogP contribution < -0.4 is 0 Å². The molecule has 0 atom stereocenters. The van der Waals surface area contributed by atoms with Gasteiger partial charge in [0, 0.05) is 0 Å². The summed E-state index contributed by atoms with van der Waals surface area (Å²) >= 11 is 0. The first-order valence-electron chi connectivity index (χ1n) is 4.17.